The second-order valence-corrected chi connectivity index (χ2v) is 9.77. The number of benzene rings is 1. The van der Waals surface area contributed by atoms with E-state index < -0.39 is 23.1 Å². The Bertz CT molecular complexity index is 1250. The minimum absolute atomic E-state index is 0.252. The van der Waals surface area contributed by atoms with E-state index in [0.717, 1.165) is 12.8 Å². The predicted octanol–water partition coefficient (Wildman–Crippen LogP) is 4.82. The number of aromatic nitrogens is 3. The zero-order valence-corrected chi connectivity index (χ0v) is 20.3. The predicted molar refractivity (Wildman–Crippen MR) is 128 cm³/mol. The Balaban J connectivity index is 1.76. The van der Waals surface area contributed by atoms with Crippen LogP contribution >= 0.6 is 0 Å². The number of amides is 1. The SMILES string of the molecule is CCC(NC(=O)O)(Oc1ccc(F)cc1C1CCCN1c1ccn2ncc(C=O)c2n1)C(C)(C)C. The number of hydrogen-bond donors (Lipinski definition) is 2. The van der Waals surface area contributed by atoms with Gasteiger partial charge in [0.25, 0.3) is 0 Å². The average molecular weight is 484 g/mol. The van der Waals surface area contributed by atoms with Crippen LogP contribution in [0.4, 0.5) is 15.0 Å². The summed E-state index contributed by atoms with van der Waals surface area (Å²) in [5, 5.41) is 16.3. The highest BCUT2D eigenvalue weighted by atomic mass is 19.1. The first kappa shape index (κ1) is 24.4. The van der Waals surface area contributed by atoms with E-state index in [0.29, 0.717) is 47.6 Å². The molecule has 1 saturated heterocycles. The van der Waals surface area contributed by atoms with Crippen LogP contribution < -0.4 is 15.0 Å². The average Bonchev–Trinajstić information content (AvgIpc) is 3.45. The van der Waals surface area contributed by atoms with E-state index in [4.69, 9.17) is 4.74 Å². The molecule has 0 radical (unpaired) electrons. The minimum atomic E-state index is -1.23. The van der Waals surface area contributed by atoms with E-state index >= 15 is 0 Å². The Labute approximate surface area is 202 Å². The van der Waals surface area contributed by atoms with Gasteiger partial charge in [0.15, 0.2) is 17.7 Å². The Morgan fingerprint density at radius 3 is 2.77 bits per heavy atom. The number of hydrogen-bond acceptors (Lipinski definition) is 6. The molecule has 3 aromatic rings. The smallest absolute Gasteiger partial charge is 0.407 e. The molecular weight excluding hydrogens is 453 g/mol. The van der Waals surface area contributed by atoms with Crippen LogP contribution in [-0.2, 0) is 0 Å². The first-order valence-electron chi connectivity index (χ1n) is 11.6. The van der Waals surface area contributed by atoms with E-state index in [-0.39, 0.29) is 6.04 Å². The number of aldehydes is 1. The van der Waals surface area contributed by atoms with Crippen molar-refractivity contribution in [2.24, 2.45) is 5.41 Å². The summed E-state index contributed by atoms with van der Waals surface area (Å²) in [6.07, 6.45) is 4.66. The molecule has 0 bridgehead atoms. The highest BCUT2D eigenvalue weighted by molar-refractivity contribution is 5.84. The molecular formula is C25H30FN5O4. The Morgan fingerprint density at radius 1 is 1.34 bits per heavy atom. The molecule has 2 N–H and O–H groups in total. The van der Waals surface area contributed by atoms with Crippen molar-refractivity contribution >= 4 is 23.8 Å². The molecule has 0 aliphatic carbocycles. The van der Waals surface area contributed by atoms with E-state index in [1.54, 1.807) is 12.3 Å². The van der Waals surface area contributed by atoms with Gasteiger partial charge in [-0.05, 0) is 37.1 Å². The zero-order chi connectivity index (χ0) is 25.4. The Morgan fingerprint density at radius 2 is 2.11 bits per heavy atom. The largest absolute Gasteiger partial charge is 0.467 e. The van der Waals surface area contributed by atoms with Crippen LogP contribution in [-0.4, -0.2) is 44.4 Å². The number of anilines is 1. The first-order chi connectivity index (χ1) is 16.6. The summed E-state index contributed by atoms with van der Waals surface area (Å²) >= 11 is 0. The van der Waals surface area contributed by atoms with Crippen molar-refractivity contribution in [3.8, 4) is 5.75 Å². The number of nitrogens with zero attached hydrogens (tertiary/aromatic N) is 4. The summed E-state index contributed by atoms with van der Waals surface area (Å²) in [4.78, 5) is 29.8. The maximum absolute atomic E-state index is 14.5. The third-order valence-corrected chi connectivity index (χ3v) is 6.69. The van der Waals surface area contributed by atoms with Gasteiger partial charge in [-0.1, -0.05) is 27.7 Å². The molecule has 186 valence electrons. The molecule has 1 aliphatic rings. The van der Waals surface area contributed by atoms with Crippen LogP contribution in [0.1, 0.15) is 68.9 Å². The van der Waals surface area contributed by atoms with Crippen molar-refractivity contribution in [2.45, 2.75) is 58.7 Å². The van der Waals surface area contributed by atoms with E-state index in [2.05, 4.69) is 20.3 Å². The normalized spacial score (nSPS) is 17.9. The second-order valence-electron chi connectivity index (χ2n) is 9.77. The maximum Gasteiger partial charge on any atom is 0.407 e. The molecule has 2 unspecified atom stereocenters. The van der Waals surface area contributed by atoms with Crippen molar-refractivity contribution in [1.82, 2.24) is 19.9 Å². The molecule has 3 heterocycles. The highest BCUT2D eigenvalue weighted by Crippen LogP contribution is 2.43. The van der Waals surface area contributed by atoms with Crippen LogP contribution in [0.3, 0.4) is 0 Å². The van der Waals surface area contributed by atoms with Crippen molar-refractivity contribution in [2.75, 3.05) is 11.4 Å². The quantitative estimate of drug-likeness (QED) is 0.366. The lowest BCUT2D eigenvalue weighted by molar-refractivity contribution is -0.0604. The number of carbonyl (C=O) groups excluding carboxylic acids is 1. The summed E-state index contributed by atoms with van der Waals surface area (Å²) in [5.41, 5.74) is -0.386. The van der Waals surface area contributed by atoms with Crippen LogP contribution in [0, 0.1) is 11.2 Å². The van der Waals surface area contributed by atoms with Gasteiger partial charge in [-0.3, -0.25) is 10.1 Å². The molecule has 10 heteroatoms. The standard InChI is InChI=1S/C25H30FN5O4/c1-5-25(24(2,3)4,29-23(33)34)35-20-9-8-17(26)13-18(20)19-7-6-11-30(19)21-10-12-31-22(28-21)16(15-32)14-27-31/h8-10,12-15,19,29H,5-7,11H2,1-4H3,(H,33,34). The van der Waals surface area contributed by atoms with Gasteiger partial charge in [0.1, 0.15) is 17.4 Å². The number of carbonyl (C=O) groups is 2. The van der Waals surface area contributed by atoms with Crippen molar-refractivity contribution in [3.05, 3.63) is 53.6 Å². The second kappa shape index (κ2) is 9.16. The molecule has 1 fully saturated rings. The third-order valence-electron chi connectivity index (χ3n) is 6.69. The van der Waals surface area contributed by atoms with Gasteiger partial charge in [-0.25, -0.2) is 18.7 Å². The molecule has 35 heavy (non-hydrogen) atoms. The molecule has 1 amide bonds. The fourth-order valence-corrected chi connectivity index (χ4v) is 4.77. The Kier molecular flexibility index (Phi) is 6.40. The summed E-state index contributed by atoms with van der Waals surface area (Å²) in [6, 6.07) is 5.87. The highest BCUT2D eigenvalue weighted by Gasteiger charge is 2.45. The van der Waals surface area contributed by atoms with Gasteiger partial charge < -0.3 is 14.7 Å². The molecule has 1 aromatic carbocycles. The zero-order valence-electron chi connectivity index (χ0n) is 20.3. The summed E-state index contributed by atoms with van der Waals surface area (Å²) < 4.78 is 22.5. The minimum Gasteiger partial charge on any atom is -0.467 e. The summed E-state index contributed by atoms with van der Waals surface area (Å²) in [7, 11) is 0. The van der Waals surface area contributed by atoms with Gasteiger partial charge in [0.05, 0.1) is 17.8 Å². The fraction of sp³-hybridized carbons (Fsp3) is 0.440. The van der Waals surface area contributed by atoms with E-state index in [9.17, 15) is 19.1 Å². The number of ether oxygens (including phenoxy) is 1. The van der Waals surface area contributed by atoms with Crippen LogP contribution in [0.2, 0.25) is 0 Å². The molecule has 9 nitrogen and oxygen atoms in total. The van der Waals surface area contributed by atoms with Gasteiger partial charge in [0, 0.05) is 30.1 Å². The lowest BCUT2D eigenvalue weighted by Gasteiger charge is -2.44. The first-order valence-corrected chi connectivity index (χ1v) is 11.6. The number of rotatable bonds is 7. The van der Waals surface area contributed by atoms with Crippen molar-refractivity contribution in [3.63, 3.8) is 0 Å². The van der Waals surface area contributed by atoms with Crippen molar-refractivity contribution in [1.29, 1.82) is 0 Å². The number of halogens is 1. The lowest BCUT2D eigenvalue weighted by atomic mass is 9.81. The molecule has 0 spiro atoms. The lowest BCUT2D eigenvalue weighted by Crippen LogP contribution is -2.60. The van der Waals surface area contributed by atoms with Gasteiger partial charge in [-0.2, -0.15) is 5.10 Å². The number of carboxylic acid groups (broad SMARTS) is 1. The molecule has 2 aromatic heterocycles. The van der Waals surface area contributed by atoms with Crippen LogP contribution in [0.5, 0.6) is 5.75 Å². The van der Waals surface area contributed by atoms with Crippen LogP contribution in [0.25, 0.3) is 5.65 Å². The fourth-order valence-electron chi connectivity index (χ4n) is 4.77. The van der Waals surface area contributed by atoms with Gasteiger partial charge >= 0.3 is 6.09 Å². The van der Waals surface area contributed by atoms with E-state index in [1.807, 2.05) is 33.8 Å². The number of nitrogens with one attached hydrogen (secondary N) is 1. The third kappa shape index (κ3) is 4.52. The summed E-state index contributed by atoms with van der Waals surface area (Å²) in [6.45, 7) is 8.22. The molecule has 4 rings (SSSR count). The Hall–Kier alpha value is -3.69. The van der Waals surface area contributed by atoms with E-state index in [1.165, 1.54) is 22.8 Å². The molecule has 0 saturated carbocycles. The van der Waals surface area contributed by atoms with Crippen molar-refractivity contribution < 1.29 is 23.8 Å². The summed E-state index contributed by atoms with van der Waals surface area (Å²) in [5.74, 6) is 0.638. The van der Waals surface area contributed by atoms with Gasteiger partial charge in [0.2, 0.25) is 0 Å². The topological polar surface area (TPSA) is 109 Å². The molecule has 2 atom stereocenters. The molecule has 1 aliphatic heterocycles. The van der Waals surface area contributed by atoms with Gasteiger partial charge in [-0.15, -0.1) is 0 Å². The number of fused-ring (bicyclic) bond motifs is 1. The maximum atomic E-state index is 14.5. The monoisotopic (exact) mass is 483 g/mol. The van der Waals surface area contributed by atoms with Crippen LogP contribution in [0.15, 0.2) is 36.7 Å².